The number of aryl methyl sites for hydroxylation is 1. The summed E-state index contributed by atoms with van der Waals surface area (Å²) < 4.78 is 55.6. The molecule has 1 aliphatic rings. The van der Waals surface area contributed by atoms with Crippen LogP contribution in [-0.4, -0.2) is 23.2 Å². The van der Waals surface area contributed by atoms with E-state index in [-0.39, 0.29) is 18.5 Å². The van der Waals surface area contributed by atoms with Crippen LogP contribution in [0.1, 0.15) is 77.2 Å². The predicted octanol–water partition coefficient (Wildman–Crippen LogP) is 6.98. The standard InChI is InChI=1S/C25H35F4NO3/c1-3-17-7-4-5-9-19(10-6-8-17)23(16(2)25(27,28)29)24(33)30-21-15-18(11-13-20(21)26)12-14-22(31)32/h11,13,15-17,19,23H,3-10,12,14H2,1-2H3,(H,30,33)(H,31,32). The van der Waals surface area contributed by atoms with Gasteiger partial charge in [-0.15, -0.1) is 0 Å². The number of anilines is 1. The number of nitrogens with one attached hydrogen (secondary N) is 1. The number of aliphatic carboxylic acids is 1. The number of carboxylic acid groups (broad SMARTS) is 1. The molecule has 1 amide bonds. The normalized spacial score (nSPS) is 21.9. The third-order valence-corrected chi connectivity index (χ3v) is 6.98. The summed E-state index contributed by atoms with van der Waals surface area (Å²) >= 11 is 0. The van der Waals surface area contributed by atoms with Crippen molar-refractivity contribution in [3.8, 4) is 0 Å². The van der Waals surface area contributed by atoms with Gasteiger partial charge in [0, 0.05) is 6.42 Å². The number of carboxylic acids is 1. The van der Waals surface area contributed by atoms with Crippen molar-refractivity contribution >= 4 is 17.6 Å². The highest BCUT2D eigenvalue weighted by Gasteiger charge is 2.47. The van der Waals surface area contributed by atoms with Crippen LogP contribution in [0.2, 0.25) is 0 Å². The molecule has 0 saturated heterocycles. The summed E-state index contributed by atoms with van der Waals surface area (Å²) in [7, 11) is 0. The van der Waals surface area contributed by atoms with E-state index >= 15 is 0 Å². The average molecular weight is 474 g/mol. The van der Waals surface area contributed by atoms with Crippen LogP contribution in [0.3, 0.4) is 0 Å². The Morgan fingerprint density at radius 3 is 2.39 bits per heavy atom. The number of carbonyl (C=O) groups is 2. The van der Waals surface area contributed by atoms with Crippen LogP contribution in [0.25, 0.3) is 0 Å². The second-order valence-electron chi connectivity index (χ2n) is 9.30. The summed E-state index contributed by atoms with van der Waals surface area (Å²) in [5, 5.41) is 11.2. The third-order valence-electron chi connectivity index (χ3n) is 6.98. The fraction of sp³-hybridized carbons (Fsp3) is 0.680. The Bertz CT molecular complexity index is 796. The molecule has 0 aliphatic heterocycles. The lowest BCUT2D eigenvalue weighted by Gasteiger charge is -2.32. The van der Waals surface area contributed by atoms with E-state index in [1.807, 2.05) is 0 Å². The van der Waals surface area contributed by atoms with Crippen LogP contribution in [0.15, 0.2) is 18.2 Å². The monoisotopic (exact) mass is 473 g/mol. The molecule has 1 fully saturated rings. The fourth-order valence-electron chi connectivity index (χ4n) is 4.91. The van der Waals surface area contributed by atoms with Crippen molar-refractivity contribution in [3.05, 3.63) is 29.6 Å². The summed E-state index contributed by atoms with van der Waals surface area (Å²) in [6.45, 7) is 3.16. The molecule has 2 N–H and O–H groups in total. The summed E-state index contributed by atoms with van der Waals surface area (Å²) in [5.41, 5.74) is 0.277. The highest BCUT2D eigenvalue weighted by Crippen LogP contribution is 2.41. The van der Waals surface area contributed by atoms with Crippen LogP contribution in [-0.2, 0) is 16.0 Å². The number of benzene rings is 1. The Labute approximate surface area is 193 Å². The maximum atomic E-state index is 14.4. The first-order valence-corrected chi connectivity index (χ1v) is 11.9. The van der Waals surface area contributed by atoms with Gasteiger partial charge < -0.3 is 10.4 Å². The number of carbonyl (C=O) groups excluding carboxylic acids is 1. The molecule has 8 heteroatoms. The van der Waals surface area contributed by atoms with Gasteiger partial charge in [-0.25, -0.2) is 4.39 Å². The molecule has 1 aromatic rings. The predicted molar refractivity (Wildman–Crippen MR) is 119 cm³/mol. The van der Waals surface area contributed by atoms with Crippen LogP contribution in [0.5, 0.6) is 0 Å². The Morgan fingerprint density at radius 1 is 1.12 bits per heavy atom. The first-order valence-electron chi connectivity index (χ1n) is 11.9. The van der Waals surface area contributed by atoms with Gasteiger partial charge in [0.1, 0.15) is 5.82 Å². The van der Waals surface area contributed by atoms with E-state index in [2.05, 4.69) is 12.2 Å². The largest absolute Gasteiger partial charge is 0.481 e. The van der Waals surface area contributed by atoms with Crippen LogP contribution in [0, 0.1) is 29.5 Å². The quantitative estimate of drug-likeness (QED) is 0.400. The maximum absolute atomic E-state index is 14.4. The minimum atomic E-state index is -4.55. The van der Waals surface area contributed by atoms with Crippen LogP contribution >= 0.6 is 0 Å². The molecule has 186 valence electrons. The van der Waals surface area contributed by atoms with Gasteiger partial charge in [-0.3, -0.25) is 9.59 Å². The molecule has 0 radical (unpaired) electrons. The molecular formula is C25H35F4NO3. The molecule has 1 aliphatic carbocycles. The second-order valence-corrected chi connectivity index (χ2v) is 9.30. The molecule has 0 spiro atoms. The molecule has 1 aromatic carbocycles. The van der Waals surface area contributed by atoms with Crippen molar-refractivity contribution in [2.24, 2.45) is 23.7 Å². The second kappa shape index (κ2) is 12.4. The summed E-state index contributed by atoms with van der Waals surface area (Å²) in [4.78, 5) is 24.0. The molecule has 4 atom stereocenters. The number of hydrogen-bond acceptors (Lipinski definition) is 2. The van der Waals surface area contributed by atoms with E-state index in [4.69, 9.17) is 5.11 Å². The number of amides is 1. The van der Waals surface area contributed by atoms with Crippen molar-refractivity contribution in [1.82, 2.24) is 0 Å². The zero-order valence-electron chi connectivity index (χ0n) is 19.4. The topological polar surface area (TPSA) is 66.4 Å². The highest BCUT2D eigenvalue weighted by molar-refractivity contribution is 5.93. The van der Waals surface area contributed by atoms with Crippen molar-refractivity contribution in [3.63, 3.8) is 0 Å². The summed E-state index contributed by atoms with van der Waals surface area (Å²) in [6, 6.07) is 3.81. The SMILES string of the molecule is CCC1CCCCC(C(C(=O)Nc2cc(CCC(=O)O)ccc2F)C(C)C(F)(F)F)CCC1. The maximum Gasteiger partial charge on any atom is 0.392 e. The minimum Gasteiger partial charge on any atom is -0.481 e. The van der Waals surface area contributed by atoms with E-state index in [1.54, 1.807) is 0 Å². The summed E-state index contributed by atoms with van der Waals surface area (Å²) in [5.74, 6) is -5.65. The Kier molecular flexibility index (Phi) is 10.2. The van der Waals surface area contributed by atoms with Gasteiger partial charge in [-0.05, 0) is 48.8 Å². The lowest BCUT2D eigenvalue weighted by molar-refractivity contribution is -0.190. The molecular weight excluding hydrogens is 438 g/mol. The minimum absolute atomic E-state index is 0.127. The molecule has 4 nitrogen and oxygen atoms in total. The Morgan fingerprint density at radius 2 is 1.76 bits per heavy atom. The first-order chi connectivity index (χ1) is 15.5. The highest BCUT2D eigenvalue weighted by atomic mass is 19.4. The van der Waals surface area contributed by atoms with E-state index in [1.165, 1.54) is 12.1 Å². The number of halogens is 4. The van der Waals surface area contributed by atoms with Crippen LogP contribution < -0.4 is 5.32 Å². The number of alkyl halides is 3. The molecule has 1 saturated carbocycles. The molecule has 0 bridgehead atoms. The lowest BCUT2D eigenvalue weighted by atomic mass is 9.76. The van der Waals surface area contributed by atoms with E-state index < -0.39 is 41.6 Å². The molecule has 0 aromatic heterocycles. The van der Waals surface area contributed by atoms with E-state index in [9.17, 15) is 27.2 Å². The van der Waals surface area contributed by atoms with Gasteiger partial charge in [0.2, 0.25) is 5.91 Å². The third kappa shape index (κ3) is 8.31. The molecule has 2 rings (SSSR count). The lowest BCUT2D eigenvalue weighted by Crippen LogP contribution is -2.40. The summed E-state index contributed by atoms with van der Waals surface area (Å²) in [6.07, 6.45) is 2.02. The van der Waals surface area contributed by atoms with Crippen LogP contribution in [0.4, 0.5) is 23.2 Å². The molecule has 33 heavy (non-hydrogen) atoms. The molecule has 0 heterocycles. The van der Waals surface area contributed by atoms with Crippen molar-refractivity contribution in [2.75, 3.05) is 5.32 Å². The zero-order chi connectivity index (χ0) is 24.6. The Hall–Kier alpha value is -2.12. The zero-order valence-corrected chi connectivity index (χ0v) is 19.4. The van der Waals surface area contributed by atoms with Gasteiger partial charge in [-0.2, -0.15) is 13.2 Å². The smallest absolute Gasteiger partial charge is 0.392 e. The van der Waals surface area contributed by atoms with Crippen molar-refractivity contribution < 1.29 is 32.3 Å². The van der Waals surface area contributed by atoms with Gasteiger partial charge in [0.25, 0.3) is 0 Å². The van der Waals surface area contributed by atoms with E-state index in [0.717, 1.165) is 51.5 Å². The number of hydrogen-bond donors (Lipinski definition) is 2. The van der Waals surface area contributed by atoms with Gasteiger partial charge in [0.15, 0.2) is 0 Å². The number of rotatable bonds is 8. The average Bonchev–Trinajstić information content (AvgIpc) is 2.86. The van der Waals surface area contributed by atoms with Gasteiger partial charge in [-0.1, -0.05) is 58.4 Å². The first kappa shape index (κ1) is 27.1. The molecule has 4 unspecified atom stereocenters. The Balaban J connectivity index is 2.25. The van der Waals surface area contributed by atoms with Crippen molar-refractivity contribution in [2.45, 2.75) is 84.2 Å². The van der Waals surface area contributed by atoms with Crippen molar-refractivity contribution in [1.29, 1.82) is 0 Å². The van der Waals surface area contributed by atoms with Gasteiger partial charge >= 0.3 is 12.1 Å². The fourth-order valence-corrected chi connectivity index (χ4v) is 4.91. The van der Waals surface area contributed by atoms with E-state index in [0.29, 0.717) is 24.3 Å². The van der Waals surface area contributed by atoms with Gasteiger partial charge in [0.05, 0.1) is 17.5 Å².